The lowest BCUT2D eigenvalue weighted by molar-refractivity contribution is -0.126. The van der Waals surface area contributed by atoms with Crippen molar-refractivity contribution in [3.05, 3.63) is 29.3 Å². The molecule has 28 heavy (non-hydrogen) atoms. The molecule has 1 saturated carbocycles. The van der Waals surface area contributed by atoms with Gasteiger partial charge in [-0.15, -0.1) is 0 Å². The standard InChI is InChI=1S/C21H31ClN2O3S/c22-19-8-10-20(11-9-19)28(26,27)24-15-12-18(13-16-24)21(25)23-14-4-7-17-5-2-1-3-6-17/h8-11,17-18H,1-7,12-16H2,(H,23,25). The van der Waals surface area contributed by atoms with Crippen LogP contribution in [0, 0.1) is 11.8 Å². The number of amides is 1. The highest BCUT2D eigenvalue weighted by molar-refractivity contribution is 7.89. The van der Waals surface area contributed by atoms with Gasteiger partial charge < -0.3 is 5.32 Å². The monoisotopic (exact) mass is 426 g/mol. The topological polar surface area (TPSA) is 66.5 Å². The summed E-state index contributed by atoms with van der Waals surface area (Å²) in [6, 6.07) is 6.23. The number of benzene rings is 1. The molecule has 0 spiro atoms. The zero-order chi connectivity index (χ0) is 20.0. The summed E-state index contributed by atoms with van der Waals surface area (Å²) in [4.78, 5) is 12.7. The Hall–Kier alpha value is -1.11. The third-order valence-corrected chi connectivity index (χ3v) is 8.25. The average Bonchev–Trinajstić information content (AvgIpc) is 2.72. The Labute approximate surface area is 173 Å². The largest absolute Gasteiger partial charge is 0.356 e. The second-order valence-electron chi connectivity index (χ2n) is 8.07. The molecule has 7 heteroatoms. The fourth-order valence-electron chi connectivity index (χ4n) is 4.34. The molecule has 1 saturated heterocycles. The molecule has 0 aromatic heterocycles. The quantitative estimate of drug-likeness (QED) is 0.664. The van der Waals surface area contributed by atoms with E-state index in [1.54, 1.807) is 12.1 Å². The van der Waals surface area contributed by atoms with Crippen LogP contribution < -0.4 is 5.32 Å². The van der Waals surface area contributed by atoms with Crippen LogP contribution in [-0.2, 0) is 14.8 Å². The SMILES string of the molecule is O=C(NCCCC1CCCCC1)C1CCN(S(=O)(=O)c2ccc(Cl)cc2)CC1. The van der Waals surface area contributed by atoms with Gasteiger partial charge in [0.25, 0.3) is 0 Å². The Bertz CT molecular complexity index is 737. The second kappa shape index (κ2) is 10.1. The van der Waals surface area contributed by atoms with E-state index in [0.29, 0.717) is 31.0 Å². The molecule has 0 unspecified atom stereocenters. The third-order valence-electron chi connectivity index (χ3n) is 6.09. The summed E-state index contributed by atoms with van der Waals surface area (Å²) in [6.07, 6.45) is 10.2. The van der Waals surface area contributed by atoms with E-state index in [4.69, 9.17) is 11.6 Å². The molecule has 1 N–H and O–H groups in total. The van der Waals surface area contributed by atoms with Crippen LogP contribution in [0.3, 0.4) is 0 Å². The highest BCUT2D eigenvalue weighted by Crippen LogP contribution is 2.27. The number of carbonyl (C=O) groups is 1. The molecule has 0 bridgehead atoms. The van der Waals surface area contributed by atoms with E-state index in [1.165, 1.54) is 55.0 Å². The number of halogens is 1. The molecule has 156 valence electrons. The van der Waals surface area contributed by atoms with Gasteiger partial charge >= 0.3 is 0 Å². The summed E-state index contributed by atoms with van der Waals surface area (Å²) in [5.74, 6) is 0.825. The number of nitrogens with one attached hydrogen (secondary N) is 1. The van der Waals surface area contributed by atoms with Gasteiger partial charge in [-0.25, -0.2) is 8.42 Å². The minimum atomic E-state index is -3.52. The second-order valence-corrected chi connectivity index (χ2v) is 10.4. The maximum absolute atomic E-state index is 12.7. The van der Waals surface area contributed by atoms with Crippen LogP contribution in [-0.4, -0.2) is 38.3 Å². The molecule has 0 radical (unpaired) electrons. The number of nitrogens with zero attached hydrogens (tertiary/aromatic N) is 1. The summed E-state index contributed by atoms with van der Waals surface area (Å²) in [5.41, 5.74) is 0. The first kappa shape index (κ1) is 21.6. The van der Waals surface area contributed by atoms with Crippen LogP contribution in [0.1, 0.15) is 57.8 Å². The van der Waals surface area contributed by atoms with Crippen molar-refractivity contribution in [1.29, 1.82) is 0 Å². The van der Waals surface area contributed by atoms with Crippen molar-refractivity contribution in [2.45, 2.75) is 62.7 Å². The fraction of sp³-hybridized carbons (Fsp3) is 0.667. The van der Waals surface area contributed by atoms with Crippen molar-refractivity contribution in [2.75, 3.05) is 19.6 Å². The van der Waals surface area contributed by atoms with Crippen LogP contribution in [0.25, 0.3) is 0 Å². The molecule has 2 fully saturated rings. The Morgan fingerprint density at radius 1 is 1.04 bits per heavy atom. The van der Waals surface area contributed by atoms with Gasteiger partial charge in [-0.05, 0) is 55.9 Å². The number of rotatable bonds is 7. The van der Waals surface area contributed by atoms with Crippen molar-refractivity contribution in [2.24, 2.45) is 11.8 Å². The van der Waals surface area contributed by atoms with Crippen molar-refractivity contribution >= 4 is 27.5 Å². The Balaban J connectivity index is 1.40. The zero-order valence-corrected chi connectivity index (χ0v) is 18.0. The number of sulfonamides is 1. The highest BCUT2D eigenvalue weighted by atomic mass is 35.5. The molecule has 1 aliphatic carbocycles. The summed E-state index contributed by atoms with van der Waals surface area (Å²) in [6.45, 7) is 1.49. The molecule has 5 nitrogen and oxygen atoms in total. The Morgan fingerprint density at radius 3 is 2.32 bits per heavy atom. The van der Waals surface area contributed by atoms with Crippen LogP contribution in [0.2, 0.25) is 5.02 Å². The summed E-state index contributed by atoms with van der Waals surface area (Å²) >= 11 is 5.84. The van der Waals surface area contributed by atoms with Crippen LogP contribution in [0.4, 0.5) is 0 Å². The number of hydrogen-bond donors (Lipinski definition) is 1. The molecule has 1 aromatic carbocycles. The van der Waals surface area contributed by atoms with Crippen molar-refractivity contribution in [3.63, 3.8) is 0 Å². The Morgan fingerprint density at radius 2 is 1.68 bits per heavy atom. The van der Waals surface area contributed by atoms with E-state index in [1.807, 2.05) is 0 Å². The molecular weight excluding hydrogens is 396 g/mol. The molecule has 3 rings (SSSR count). The lowest BCUT2D eigenvalue weighted by Crippen LogP contribution is -2.43. The van der Waals surface area contributed by atoms with E-state index < -0.39 is 10.0 Å². The van der Waals surface area contributed by atoms with E-state index in [2.05, 4.69) is 5.32 Å². The Kier molecular flexibility index (Phi) is 7.77. The fourth-order valence-corrected chi connectivity index (χ4v) is 5.93. The lowest BCUT2D eigenvalue weighted by Gasteiger charge is -2.30. The number of carbonyl (C=O) groups excluding carboxylic acids is 1. The zero-order valence-electron chi connectivity index (χ0n) is 16.4. The van der Waals surface area contributed by atoms with Crippen LogP contribution >= 0.6 is 11.6 Å². The molecule has 1 aromatic rings. The summed E-state index contributed by atoms with van der Waals surface area (Å²) < 4.78 is 26.9. The molecule has 1 amide bonds. The van der Waals surface area contributed by atoms with E-state index >= 15 is 0 Å². The molecule has 1 aliphatic heterocycles. The minimum Gasteiger partial charge on any atom is -0.356 e. The molecule has 1 heterocycles. The normalized spacial score (nSPS) is 20.2. The highest BCUT2D eigenvalue weighted by Gasteiger charge is 2.31. The minimum absolute atomic E-state index is 0.0761. The van der Waals surface area contributed by atoms with Gasteiger partial charge in [-0.1, -0.05) is 43.7 Å². The first-order valence-corrected chi connectivity index (χ1v) is 12.3. The first-order valence-electron chi connectivity index (χ1n) is 10.5. The lowest BCUT2D eigenvalue weighted by atomic mass is 9.86. The maximum atomic E-state index is 12.7. The van der Waals surface area contributed by atoms with Crippen molar-refractivity contribution in [1.82, 2.24) is 9.62 Å². The van der Waals surface area contributed by atoms with Gasteiger partial charge in [0.05, 0.1) is 4.90 Å². The van der Waals surface area contributed by atoms with Gasteiger partial charge in [0.15, 0.2) is 0 Å². The van der Waals surface area contributed by atoms with Gasteiger partial charge in [-0.2, -0.15) is 4.31 Å². The average molecular weight is 427 g/mol. The predicted molar refractivity (Wildman–Crippen MR) is 112 cm³/mol. The first-order chi connectivity index (χ1) is 13.5. The smallest absolute Gasteiger partial charge is 0.243 e. The van der Waals surface area contributed by atoms with Crippen LogP contribution in [0.5, 0.6) is 0 Å². The van der Waals surface area contributed by atoms with Gasteiger partial charge in [-0.3, -0.25) is 4.79 Å². The molecule has 0 atom stereocenters. The van der Waals surface area contributed by atoms with Crippen molar-refractivity contribution in [3.8, 4) is 0 Å². The van der Waals surface area contributed by atoms with Crippen LogP contribution in [0.15, 0.2) is 29.2 Å². The van der Waals surface area contributed by atoms with E-state index in [0.717, 1.165) is 18.9 Å². The summed E-state index contributed by atoms with van der Waals surface area (Å²) in [5, 5.41) is 3.57. The summed E-state index contributed by atoms with van der Waals surface area (Å²) in [7, 11) is -3.52. The number of piperidine rings is 1. The predicted octanol–water partition coefficient (Wildman–Crippen LogP) is 4.22. The van der Waals surface area contributed by atoms with E-state index in [9.17, 15) is 13.2 Å². The third kappa shape index (κ3) is 5.71. The van der Waals surface area contributed by atoms with Gasteiger partial charge in [0.1, 0.15) is 0 Å². The molecule has 2 aliphatic rings. The van der Waals surface area contributed by atoms with Gasteiger partial charge in [0.2, 0.25) is 15.9 Å². The molecular formula is C21H31ClN2O3S. The number of hydrogen-bond acceptors (Lipinski definition) is 3. The van der Waals surface area contributed by atoms with Crippen molar-refractivity contribution < 1.29 is 13.2 Å². The van der Waals surface area contributed by atoms with E-state index in [-0.39, 0.29) is 16.7 Å². The van der Waals surface area contributed by atoms with Gasteiger partial charge in [0, 0.05) is 30.6 Å². The maximum Gasteiger partial charge on any atom is 0.243 e.